The number of hydrogen-bond acceptors (Lipinski definition) is 5. The molecule has 3 rings (SSSR count). The van der Waals surface area contributed by atoms with Crippen LogP contribution in [0.25, 0.3) is 0 Å². The van der Waals surface area contributed by atoms with Gasteiger partial charge in [0.2, 0.25) is 0 Å². The Kier molecular flexibility index (Phi) is 6.65. The fourth-order valence-electron chi connectivity index (χ4n) is 2.43. The molecule has 27 heavy (non-hydrogen) atoms. The minimum atomic E-state index is -0.114. The van der Waals surface area contributed by atoms with Gasteiger partial charge in [0, 0.05) is 38.2 Å². The van der Waals surface area contributed by atoms with Crippen LogP contribution in [-0.2, 0) is 25.0 Å². The summed E-state index contributed by atoms with van der Waals surface area (Å²) in [7, 11) is 1.92. The molecular formula is C20H23N3O4. The van der Waals surface area contributed by atoms with E-state index in [1.807, 2.05) is 29.9 Å². The topological polar surface area (TPSA) is 78.5 Å². The van der Waals surface area contributed by atoms with Crippen molar-refractivity contribution in [2.75, 3.05) is 13.2 Å². The van der Waals surface area contributed by atoms with Crippen molar-refractivity contribution in [3.8, 4) is 5.75 Å². The van der Waals surface area contributed by atoms with Crippen LogP contribution in [0.1, 0.15) is 28.4 Å². The van der Waals surface area contributed by atoms with E-state index in [-0.39, 0.29) is 5.91 Å². The highest BCUT2D eigenvalue weighted by molar-refractivity contribution is 5.94. The van der Waals surface area contributed by atoms with Gasteiger partial charge in [-0.3, -0.25) is 4.79 Å². The first-order valence-corrected chi connectivity index (χ1v) is 8.80. The van der Waals surface area contributed by atoms with Gasteiger partial charge >= 0.3 is 0 Å². The highest BCUT2D eigenvalue weighted by Gasteiger charge is 2.06. The van der Waals surface area contributed by atoms with Crippen molar-refractivity contribution < 1.29 is 18.7 Å². The van der Waals surface area contributed by atoms with Gasteiger partial charge in [0.25, 0.3) is 5.91 Å². The number of hydrogen-bond donors (Lipinski definition) is 1. The molecule has 1 aromatic carbocycles. The van der Waals surface area contributed by atoms with Crippen LogP contribution < -0.4 is 10.1 Å². The van der Waals surface area contributed by atoms with E-state index in [0.717, 1.165) is 18.0 Å². The summed E-state index contributed by atoms with van der Waals surface area (Å²) in [4.78, 5) is 16.3. The average Bonchev–Trinajstić information content (AvgIpc) is 3.35. The van der Waals surface area contributed by atoms with E-state index in [2.05, 4.69) is 10.3 Å². The standard InChI is InChI=1S/C20H23N3O4/c1-23-11-10-21-19(23)15-27-17-7-5-16(6-8-17)20(24)22-9-3-12-25-14-18-4-2-13-26-18/h2,4-8,10-11,13H,3,9,12,14-15H2,1H3,(H,22,24). The van der Waals surface area contributed by atoms with Crippen LogP contribution in [0.15, 0.2) is 59.5 Å². The number of benzene rings is 1. The van der Waals surface area contributed by atoms with Crippen LogP contribution >= 0.6 is 0 Å². The lowest BCUT2D eigenvalue weighted by atomic mass is 10.2. The number of rotatable bonds is 10. The second-order valence-corrected chi connectivity index (χ2v) is 6.01. The van der Waals surface area contributed by atoms with Crippen LogP contribution in [0.4, 0.5) is 0 Å². The maximum atomic E-state index is 12.1. The number of ether oxygens (including phenoxy) is 2. The number of furan rings is 1. The predicted molar refractivity (Wildman–Crippen MR) is 99.3 cm³/mol. The van der Waals surface area contributed by atoms with Crippen LogP contribution in [-0.4, -0.2) is 28.6 Å². The summed E-state index contributed by atoms with van der Waals surface area (Å²) >= 11 is 0. The highest BCUT2D eigenvalue weighted by atomic mass is 16.5. The monoisotopic (exact) mass is 369 g/mol. The van der Waals surface area contributed by atoms with E-state index in [9.17, 15) is 4.79 Å². The summed E-state index contributed by atoms with van der Waals surface area (Å²) in [6.45, 7) is 1.93. The number of aryl methyl sites for hydroxylation is 1. The van der Waals surface area contributed by atoms with Gasteiger partial charge in [0.15, 0.2) is 0 Å². The van der Waals surface area contributed by atoms with Crippen LogP contribution in [0.5, 0.6) is 5.75 Å². The number of carbonyl (C=O) groups is 1. The van der Waals surface area contributed by atoms with Crippen LogP contribution in [0.3, 0.4) is 0 Å². The molecule has 0 saturated heterocycles. The number of nitrogens with one attached hydrogen (secondary N) is 1. The van der Waals surface area contributed by atoms with E-state index in [4.69, 9.17) is 13.9 Å². The molecule has 3 aromatic rings. The molecule has 7 nitrogen and oxygen atoms in total. The lowest BCUT2D eigenvalue weighted by molar-refractivity contribution is 0.0917. The molecule has 0 saturated carbocycles. The Bertz CT molecular complexity index is 825. The molecule has 0 aliphatic carbocycles. The van der Waals surface area contributed by atoms with Gasteiger partial charge < -0.3 is 23.8 Å². The van der Waals surface area contributed by atoms with E-state index < -0.39 is 0 Å². The lowest BCUT2D eigenvalue weighted by Gasteiger charge is -2.08. The first kappa shape index (κ1) is 18.7. The molecule has 0 atom stereocenters. The molecular weight excluding hydrogens is 346 g/mol. The number of nitrogens with zero attached hydrogens (tertiary/aromatic N) is 2. The number of carbonyl (C=O) groups excluding carboxylic acids is 1. The zero-order valence-electron chi connectivity index (χ0n) is 15.3. The molecule has 0 aliphatic rings. The van der Waals surface area contributed by atoms with Crippen molar-refractivity contribution in [1.29, 1.82) is 0 Å². The molecule has 1 N–H and O–H groups in total. The third-order valence-corrected chi connectivity index (χ3v) is 3.98. The lowest BCUT2D eigenvalue weighted by Crippen LogP contribution is -2.25. The van der Waals surface area contributed by atoms with Crippen molar-refractivity contribution in [3.63, 3.8) is 0 Å². The molecule has 0 aliphatic heterocycles. The molecule has 0 fully saturated rings. The van der Waals surface area contributed by atoms with Gasteiger partial charge in [-0.15, -0.1) is 0 Å². The van der Waals surface area contributed by atoms with Crippen molar-refractivity contribution in [1.82, 2.24) is 14.9 Å². The maximum absolute atomic E-state index is 12.1. The van der Waals surface area contributed by atoms with E-state index in [1.165, 1.54) is 0 Å². The average molecular weight is 369 g/mol. The Morgan fingerprint density at radius 2 is 2.07 bits per heavy atom. The van der Waals surface area contributed by atoms with Crippen molar-refractivity contribution in [2.24, 2.45) is 7.05 Å². The largest absolute Gasteiger partial charge is 0.486 e. The molecule has 7 heteroatoms. The summed E-state index contributed by atoms with van der Waals surface area (Å²) < 4.78 is 18.2. The van der Waals surface area contributed by atoms with Gasteiger partial charge in [-0.1, -0.05) is 0 Å². The summed E-state index contributed by atoms with van der Waals surface area (Å²) in [5.41, 5.74) is 0.593. The third-order valence-electron chi connectivity index (χ3n) is 3.98. The summed E-state index contributed by atoms with van der Waals surface area (Å²) in [5.74, 6) is 2.22. The third kappa shape index (κ3) is 5.72. The fraction of sp³-hybridized carbons (Fsp3) is 0.300. The summed E-state index contributed by atoms with van der Waals surface area (Å²) in [5, 5.41) is 2.88. The molecule has 1 amide bonds. The zero-order chi connectivity index (χ0) is 18.9. The number of imidazole rings is 1. The predicted octanol–water partition coefficient (Wildman–Crippen LogP) is 2.93. The minimum Gasteiger partial charge on any atom is -0.486 e. The molecule has 2 heterocycles. The van der Waals surface area contributed by atoms with E-state index >= 15 is 0 Å². The van der Waals surface area contributed by atoms with E-state index in [0.29, 0.717) is 37.7 Å². The van der Waals surface area contributed by atoms with Gasteiger partial charge in [-0.25, -0.2) is 4.98 Å². The van der Waals surface area contributed by atoms with E-state index in [1.54, 1.807) is 36.7 Å². The highest BCUT2D eigenvalue weighted by Crippen LogP contribution is 2.13. The van der Waals surface area contributed by atoms with Crippen LogP contribution in [0, 0.1) is 0 Å². The molecule has 2 aromatic heterocycles. The number of aromatic nitrogens is 2. The second kappa shape index (κ2) is 9.59. The smallest absolute Gasteiger partial charge is 0.251 e. The Balaban J connectivity index is 1.34. The second-order valence-electron chi connectivity index (χ2n) is 6.01. The van der Waals surface area contributed by atoms with Gasteiger partial charge in [0.05, 0.1) is 6.26 Å². The first-order valence-electron chi connectivity index (χ1n) is 8.80. The van der Waals surface area contributed by atoms with Gasteiger partial charge in [-0.2, -0.15) is 0 Å². The van der Waals surface area contributed by atoms with Crippen molar-refractivity contribution >= 4 is 5.91 Å². The molecule has 0 unspecified atom stereocenters. The molecule has 142 valence electrons. The molecule has 0 spiro atoms. The normalized spacial score (nSPS) is 10.7. The van der Waals surface area contributed by atoms with Crippen molar-refractivity contribution in [3.05, 3.63) is 72.2 Å². The minimum absolute atomic E-state index is 0.114. The Hall–Kier alpha value is -3.06. The Labute approximate surface area is 157 Å². The quantitative estimate of drug-likeness (QED) is 0.556. The summed E-state index contributed by atoms with van der Waals surface area (Å²) in [6, 6.07) is 10.8. The fourth-order valence-corrected chi connectivity index (χ4v) is 2.43. The SMILES string of the molecule is Cn1ccnc1COc1ccc(C(=O)NCCCOCc2ccco2)cc1. The maximum Gasteiger partial charge on any atom is 0.251 e. The molecule has 0 bridgehead atoms. The Morgan fingerprint density at radius 1 is 1.22 bits per heavy atom. The molecule has 0 radical (unpaired) electrons. The van der Waals surface area contributed by atoms with Crippen molar-refractivity contribution in [2.45, 2.75) is 19.6 Å². The Morgan fingerprint density at radius 3 is 2.78 bits per heavy atom. The van der Waals surface area contributed by atoms with Gasteiger partial charge in [0.1, 0.15) is 30.5 Å². The van der Waals surface area contributed by atoms with Gasteiger partial charge in [-0.05, 0) is 42.8 Å². The zero-order valence-corrected chi connectivity index (χ0v) is 15.3. The summed E-state index contributed by atoms with van der Waals surface area (Å²) in [6.07, 6.45) is 5.95. The first-order chi connectivity index (χ1) is 13.2. The number of amides is 1. The van der Waals surface area contributed by atoms with Crippen LogP contribution in [0.2, 0.25) is 0 Å².